The number of Topliss-reactive ketones (excluding diaryl/α,β-unsaturated/α-hetero) is 1. The zero-order valence-electron chi connectivity index (χ0n) is 37.7. The SMILES string of the molecule is CC(C)C(=O)CC[C@H](NC(=O)CC[C@H](NC(=O)CC[C@H](NC(=O)C1CCC(CNC(=O)CCCCCCCCCCCCCCCCCCCO)CC1)C(=O)O)C(=O)O)C(=O)O. The summed E-state index contributed by atoms with van der Waals surface area (Å²) >= 11 is 0. The smallest absolute Gasteiger partial charge is 0.326 e. The third-order valence-electron chi connectivity index (χ3n) is 11.9. The van der Waals surface area contributed by atoms with Gasteiger partial charge in [-0.25, -0.2) is 14.4 Å². The minimum atomic E-state index is -1.51. The Bertz CT molecular complexity index is 1350. The van der Waals surface area contributed by atoms with Crippen molar-refractivity contribution in [1.29, 1.82) is 0 Å². The number of carbonyl (C=O) groups is 8. The number of hydrogen-bond acceptors (Lipinski definition) is 9. The molecule has 4 amide bonds. The highest BCUT2D eigenvalue weighted by Gasteiger charge is 2.31. The Morgan fingerprint density at radius 3 is 1.23 bits per heavy atom. The molecular weight excluding hydrogens is 801 g/mol. The summed E-state index contributed by atoms with van der Waals surface area (Å²) in [7, 11) is 0. The fraction of sp³-hybridized carbons (Fsp3) is 0.826. The Labute approximate surface area is 369 Å². The summed E-state index contributed by atoms with van der Waals surface area (Å²) in [4.78, 5) is 97.6. The molecule has 0 aromatic rings. The average Bonchev–Trinajstić information content (AvgIpc) is 3.23. The Morgan fingerprint density at radius 1 is 0.468 bits per heavy atom. The first kappa shape index (κ1) is 55.9. The van der Waals surface area contributed by atoms with Gasteiger partial charge in [-0.1, -0.05) is 110 Å². The number of ketones is 1. The molecule has 1 fully saturated rings. The number of nitrogens with one attached hydrogen (secondary N) is 4. The van der Waals surface area contributed by atoms with Crippen LogP contribution in [0, 0.1) is 17.8 Å². The van der Waals surface area contributed by atoms with Gasteiger partial charge in [-0.3, -0.25) is 24.0 Å². The largest absolute Gasteiger partial charge is 0.480 e. The first-order valence-electron chi connectivity index (χ1n) is 23.6. The van der Waals surface area contributed by atoms with Crippen LogP contribution in [-0.2, 0) is 38.4 Å². The fourth-order valence-corrected chi connectivity index (χ4v) is 7.75. The van der Waals surface area contributed by atoms with Crippen molar-refractivity contribution >= 4 is 47.3 Å². The maximum absolute atomic E-state index is 13.0. The molecule has 0 radical (unpaired) electrons. The van der Waals surface area contributed by atoms with Gasteiger partial charge in [-0.2, -0.15) is 0 Å². The minimum Gasteiger partial charge on any atom is -0.480 e. The molecule has 3 atom stereocenters. The van der Waals surface area contributed by atoms with E-state index in [1.165, 1.54) is 77.0 Å². The van der Waals surface area contributed by atoms with E-state index in [9.17, 15) is 53.7 Å². The monoisotopic (exact) mass is 881 g/mol. The molecule has 0 saturated heterocycles. The second-order valence-electron chi connectivity index (χ2n) is 17.6. The van der Waals surface area contributed by atoms with Crippen LogP contribution in [-0.4, -0.2) is 99.0 Å². The van der Waals surface area contributed by atoms with Crippen LogP contribution >= 0.6 is 0 Å². The van der Waals surface area contributed by atoms with E-state index in [0.29, 0.717) is 45.3 Å². The number of aliphatic carboxylic acids is 3. The average molecular weight is 881 g/mol. The van der Waals surface area contributed by atoms with E-state index in [1.807, 2.05) is 0 Å². The predicted molar refractivity (Wildman–Crippen MR) is 235 cm³/mol. The summed E-state index contributed by atoms with van der Waals surface area (Å²) in [6.45, 7) is 4.20. The van der Waals surface area contributed by atoms with E-state index in [4.69, 9.17) is 5.11 Å². The number of hydrogen-bond donors (Lipinski definition) is 8. The van der Waals surface area contributed by atoms with Crippen LogP contribution in [0.15, 0.2) is 0 Å². The predicted octanol–water partition coefficient (Wildman–Crippen LogP) is 6.20. The lowest BCUT2D eigenvalue weighted by atomic mass is 9.81. The summed E-state index contributed by atoms with van der Waals surface area (Å²) in [6, 6.07) is -4.24. The van der Waals surface area contributed by atoms with Crippen molar-refractivity contribution in [2.24, 2.45) is 17.8 Å². The molecule has 16 heteroatoms. The van der Waals surface area contributed by atoms with Gasteiger partial charge in [0, 0.05) is 50.7 Å². The van der Waals surface area contributed by atoms with Crippen molar-refractivity contribution in [1.82, 2.24) is 21.3 Å². The number of carboxylic acid groups (broad SMARTS) is 3. The lowest BCUT2D eigenvalue weighted by Gasteiger charge is -2.28. The highest BCUT2D eigenvalue weighted by molar-refractivity contribution is 5.88. The molecule has 1 rings (SSSR count). The van der Waals surface area contributed by atoms with E-state index in [2.05, 4.69) is 21.3 Å². The molecule has 0 spiro atoms. The van der Waals surface area contributed by atoms with Gasteiger partial charge in [0.05, 0.1) is 0 Å². The fourth-order valence-electron chi connectivity index (χ4n) is 7.75. The summed E-state index contributed by atoms with van der Waals surface area (Å²) in [5.41, 5.74) is 0. The third kappa shape index (κ3) is 27.8. The van der Waals surface area contributed by atoms with Gasteiger partial charge in [0.1, 0.15) is 23.9 Å². The van der Waals surface area contributed by atoms with E-state index in [-0.39, 0.29) is 49.2 Å². The van der Waals surface area contributed by atoms with Crippen LogP contribution in [0.1, 0.15) is 194 Å². The van der Waals surface area contributed by atoms with Crippen molar-refractivity contribution in [2.45, 2.75) is 212 Å². The van der Waals surface area contributed by atoms with Crippen molar-refractivity contribution in [3.63, 3.8) is 0 Å². The number of amides is 4. The first-order chi connectivity index (χ1) is 29.6. The third-order valence-corrected chi connectivity index (χ3v) is 11.9. The Hall–Kier alpha value is -4.08. The molecule has 8 N–H and O–H groups in total. The molecule has 62 heavy (non-hydrogen) atoms. The van der Waals surface area contributed by atoms with E-state index >= 15 is 0 Å². The molecule has 1 saturated carbocycles. The van der Waals surface area contributed by atoms with Crippen LogP contribution in [0.3, 0.4) is 0 Å². The Balaban J connectivity index is 2.24. The van der Waals surface area contributed by atoms with Gasteiger partial charge < -0.3 is 41.7 Å². The summed E-state index contributed by atoms with van der Waals surface area (Å²) in [5.74, 6) is -6.75. The Kier molecular flexibility index (Phi) is 31.0. The van der Waals surface area contributed by atoms with E-state index in [0.717, 1.165) is 32.1 Å². The number of rotatable bonds is 38. The van der Waals surface area contributed by atoms with Crippen LogP contribution < -0.4 is 21.3 Å². The van der Waals surface area contributed by atoms with Crippen LogP contribution in [0.4, 0.5) is 0 Å². The maximum atomic E-state index is 13.0. The number of unbranched alkanes of at least 4 members (excludes halogenated alkanes) is 16. The van der Waals surface area contributed by atoms with Gasteiger partial charge >= 0.3 is 17.9 Å². The quantitative estimate of drug-likeness (QED) is 0.0323. The molecule has 0 heterocycles. The van der Waals surface area contributed by atoms with Crippen LogP contribution in [0.2, 0.25) is 0 Å². The van der Waals surface area contributed by atoms with Crippen molar-refractivity contribution in [2.75, 3.05) is 13.2 Å². The highest BCUT2D eigenvalue weighted by atomic mass is 16.4. The number of aliphatic hydroxyl groups excluding tert-OH is 1. The number of aliphatic hydroxyl groups is 1. The van der Waals surface area contributed by atoms with Crippen LogP contribution in [0.5, 0.6) is 0 Å². The molecule has 0 aromatic heterocycles. The second kappa shape index (κ2) is 34.4. The Morgan fingerprint density at radius 2 is 0.839 bits per heavy atom. The second-order valence-corrected chi connectivity index (χ2v) is 17.6. The summed E-state index contributed by atoms with van der Waals surface area (Å²) in [5, 5.41) is 47.6. The van der Waals surface area contributed by atoms with Gasteiger partial charge in [0.25, 0.3) is 0 Å². The molecule has 1 aliphatic carbocycles. The molecule has 0 unspecified atom stereocenters. The maximum Gasteiger partial charge on any atom is 0.326 e. The first-order valence-corrected chi connectivity index (χ1v) is 23.6. The van der Waals surface area contributed by atoms with Crippen molar-refractivity contribution in [3.8, 4) is 0 Å². The summed E-state index contributed by atoms with van der Waals surface area (Å²) < 4.78 is 0. The van der Waals surface area contributed by atoms with Gasteiger partial charge in [-0.05, 0) is 63.7 Å². The van der Waals surface area contributed by atoms with Gasteiger partial charge in [0.15, 0.2) is 0 Å². The molecule has 0 bridgehead atoms. The molecular formula is C46H80N4O12. The van der Waals surface area contributed by atoms with Crippen LogP contribution in [0.25, 0.3) is 0 Å². The van der Waals surface area contributed by atoms with E-state index in [1.54, 1.807) is 13.8 Å². The minimum absolute atomic E-state index is 0.0384. The number of carboxylic acids is 3. The summed E-state index contributed by atoms with van der Waals surface area (Å²) in [6.07, 6.45) is 22.0. The molecule has 1 aliphatic rings. The topological polar surface area (TPSA) is 266 Å². The molecule has 16 nitrogen and oxygen atoms in total. The molecule has 356 valence electrons. The molecule has 0 aromatic carbocycles. The highest BCUT2D eigenvalue weighted by Crippen LogP contribution is 2.29. The van der Waals surface area contributed by atoms with Crippen molar-refractivity contribution in [3.05, 3.63) is 0 Å². The van der Waals surface area contributed by atoms with E-state index < -0.39 is 72.5 Å². The lowest BCUT2D eigenvalue weighted by Crippen LogP contribution is -2.46. The number of carbonyl (C=O) groups excluding carboxylic acids is 5. The zero-order valence-corrected chi connectivity index (χ0v) is 37.7. The van der Waals surface area contributed by atoms with Crippen molar-refractivity contribution < 1.29 is 58.8 Å². The molecule has 0 aliphatic heterocycles. The van der Waals surface area contributed by atoms with Gasteiger partial charge in [-0.15, -0.1) is 0 Å². The zero-order chi connectivity index (χ0) is 46.1. The lowest BCUT2D eigenvalue weighted by molar-refractivity contribution is -0.144. The van der Waals surface area contributed by atoms with Gasteiger partial charge in [0.2, 0.25) is 23.6 Å². The normalized spacial score (nSPS) is 16.5. The standard InChI is InChI=1S/C46H80N4O12/c1-33(2)39(52)28-25-36(44(57)58)48-41(54)29-26-37(45(59)60)49-42(55)30-27-38(46(61)62)50-43(56)35-23-21-34(22-24-35)32-47-40(53)20-18-16-14-12-10-8-6-4-3-5-7-9-11-13-15-17-19-31-51/h33-38,51H,3-32H2,1-2H3,(H,47,53)(H,48,54)(H,49,55)(H,50,56)(H,57,58)(H,59,60)(H,61,62)/t34?,35?,36-,37-,38-/m0/s1.